The molecule has 5 rings (SSSR count). The average Bonchev–Trinajstić information content (AvgIpc) is 3.68. The van der Waals surface area contributed by atoms with E-state index in [0.29, 0.717) is 12.1 Å². The standard InChI is InChI=1S/C31H31BrN2O3/c1-19-21(3)34(18-22-8-11-25(12-9-22)31(14-15-31)30(36)37-4)28-13-10-24(17-27(19)28)29(35)33-20(2)23-6-5-7-26(32)16-23/h5-13,16-17,20H,14-15,18H2,1-4H3,(H,33,35). The molecule has 0 aliphatic heterocycles. The number of nitrogens with zero attached hydrogens (tertiary/aromatic N) is 1. The molecule has 1 heterocycles. The molecular weight excluding hydrogens is 528 g/mol. The van der Waals surface area contributed by atoms with Gasteiger partial charge in [-0.1, -0.05) is 52.3 Å². The zero-order chi connectivity index (χ0) is 26.3. The summed E-state index contributed by atoms with van der Waals surface area (Å²) in [6.45, 7) is 6.93. The number of rotatable bonds is 7. The van der Waals surface area contributed by atoms with Gasteiger partial charge in [0.2, 0.25) is 0 Å². The number of carbonyl (C=O) groups excluding carboxylic acids is 2. The summed E-state index contributed by atoms with van der Waals surface area (Å²) < 4.78 is 8.31. The SMILES string of the molecule is COC(=O)C1(c2ccc(Cn3c(C)c(C)c4cc(C(=O)NC(C)c5cccc(Br)c5)ccc43)cc2)CC1. The molecule has 190 valence electrons. The zero-order valence-corrected chi connectivity index (χ0v) is 23.2. The fourth-order valence-corrected chi connectivity index (χ4v) is 5.59. The lowest BCUT2D eigenvalue weighted by Crippen LogP contribution is -2.26. The third kappa shape index (κ3) is 4.71. The molecule has 1 atom stereocenters. The Balaban J connectivity index is 1.37. The molecule has 3 aromatic carbocycles. The van der Waals surface area contributed by atoms with Crippen LogP contribution in [0.2, 0.25) is 0 Å². The van der Waals surface area contributed by atoms with Gasteiger partial charge in [-0.15, -0.1) is 0 Å². The van der Waals surface area contributed by atoms with Crippen LogP contribution < -0.4 is 5.32 Å². The van der Waals surface area contributed by atoms with Crippen molar-refractivity contribution in [2.24, 2.45) is 0 Å². The van der Waals surface area contributed by atoms with Gasteiger partial charge in [-0.25, -0.2) is 0 Å². The van der Waals surface area contributed by atoms with Crippen LogP contribution in [-0.4, -0.2) is 23.6 Å². The second-order valence-electron chi connectivity index (χ2n) is 10.0. The van der Waals surface area contributed by atoms with E-state index in [1.807, 2.05) is 49.4 Å². The van der Waals surface area contributed by atoms with Crippen LogP contribution >= 0.6 is 15.9 Å². The molecule has 0 spiro atoms. The lowest BCUT2D eigenvalue weighted by Gasteiger charge is -2.15. The fourth-order valence-electron chi connectivity index (χ4n) is 5.18. The number of fused-ring (bicyclic) bond motifs is 1. The van der Waals surface area contributed by atoms with E-state index in [0.717, 1.165) is 44.9 Å². The van der Waals surface area contributed by atoms with Gasteiger partial charge >= 0.3 is 5.97 Å². The summed E-state index contributed by atoms with van der Waals surface area (Å²) in [7, 11) is 1.46. The Morgan fingerprint density at radius 3 is 2.43 bits per heavy atom. The summed E-state index contributed by atoms with van der Waals surface area (Å²) in [5.74, 6) is -0.233. The van der Waals surface area contributed by atoms with Crippen molar-refractivity contribution in [3.8, 4) is 0 Å². The van der Waals surface area contributed by atoms with Crippen molar-refractivity contribution in [3.05, 3.63) is 105 Å². The zero-order valence-electron chi connectivity index (χ0n) is 21.6. The van der Waals surface area contributed by atoms with E-state index in [1.54, 1.807) is 0 Å². The van der Waals surface area contributed by atoms with Gasteiger partial charge in [-0.05, 0) is 86.2 Å². The van der Waals surface area contributed by atoms with Crippen LogP contribution in [0.15, 0.2) is 71.2 Å². The second-order valence-corrected chi connectivity index (χ2v) is 11.0. The first-order valence-corrected chi connectivity index (χ1v) is 13.4. The number of aryl methyl sites for hydroxylation is 1. The molecule has 1 aliphatic rings. The molecule has 5 nitrogen and oxygen atoms in total. The van der Waals surface area contributed by atoms with Crippen molar-refractivity contribution in [1.82, 2.24) is 9.88 Å². The number of methoxy groups -OCH3 is 1. The molecule has 37 heavy (non-hydrogen) atoms. The molecule has 0 bridgehead atoms. The van der Waals surface area contributed by atoms with E-state index in [1.165, 1.54) is 18.4 Å². The minimum absolute atomic E-state index is 0.0885. The van der Waals surface area contributed by atoms with Crippen LogP contribution in [0.25, 0.3) is 10.9 Å². The van der Waals surface area contributed by atoms with Crippen molar-refractivity contribution in [3.63, 3.8) is 0 Å². The Bertz CT molecular complexity index is 1500. The summed E-state index contributed by atoms with van der Waals surface area (Å²) in [5, 5.41) is 4.20. The molecule has 0 saturated heterocycles. The van der Waals surface area contributed by atoms with E-state index in [-0.39, 0.29) is 17.9 Å². The van der Waals surface area contributed by atoms with Gasteiger partial charge in [-0.3, -0.25) is 9.59 Å². The summed E-state index contributed by atoms with van der Waals surface area (Å²) in [5.41, 5.74) is 6.88. The van der Waals surface area contributed by atoms with Gasteiger partial charge in [0.1, 0.15) is 0 Å². The summed E-state index contributed by atoms with van der Waals surface area (Å²) in [6, 6.07) is 22.1. The maximum Gasteiger partial charge on any atom is 0.316 e. The average molecular weight is 560 g/mol. The summed E-state index contributed by atoms with van der Waals surface area (Å²) in [4.78, 5) is 25.3. The van der Waals surface area contributed by atoms with Crippen LogP contribution in [0, 0.1) is 13.8 Å². The Kier molecular flexibility index (Phi) is 6.71. The van der Waals surface area contributed by atoms with Gasteiger partial charge in [0.05, 0.1) is 18.6 Å². The quantitative estimate of drug-likeness (QED) is 0.255. The lowest BCUT2D eigenvalue weighted by molar-refractivity contribution is -0.143. The second kappa shape index (κ2) is 9.82. The smallest absolute Gasteiger partial charge is 0.316 e. The van der Waals surface area contributed by atoms with Crippen molar-refractivity contribution >= 4 is 38.7 Å². The number of carbonyl (C=O) groups is 2. The van der Waals surface area contributed by atoms with Gasteiger partial charge < -0.3 is 14.6 Å². The first-order chi connectivity index (χ1) is 17.7. The molecule has 0 radical (unpaired) electrons. The predicted octanol–water partition coefficient (Wildman–Crippen LogP) is 6.76. The van der Waals surface area contributed by atoms with Crippen molar-refractivity contribution in [2.45, 2.75) is 51.6 Å². The van der Waals surface area contributed by atoms with Crippen LogP contribution in [-0.2, 0) is 21.5 Å². The molecule has 1 amide bonds. The first-order valence-electron chi connectivity index (χ1n) is 12.6. The number of ether oxygens (including phenoxy) is 1. The van der Waals surface area contributed by atoms with Crippen LogP contribution in [0.5, 0.6) is 0 Å². The molecule has 1 saturated carbocycles. The molecule has 6 heteroatoms. The number of nitrogens with one attached hydrogen (secondary N) is 1. The van der Waals surface area contributed by atoms with Crippen LogP contribution in [0.4, 0.5) is 0 Å². The fraction of sp³-hybridized carbons (Fsp3) is 0.290. The third-order valence-electron chi connectivity index (χ3n) is 7.77. The van der Waals surface area contributed by atoms with E-state index in [2.05, 4.69) is 63.9 Å². The molecule has 1 aliphatic carbocycles. The Hall–Kier alpha value is -3.38. The highest BCUT2D eigenvalue weighted by molar-refractivity contribution is 9.10. The Morgan fingerprint density at radius 2 is 1.78 bits per heavy atom. The van der Waals surface area contributed by atoms with E-state index < -0.39 is 5.41 Å². The molecular formula is C31H31BrN2O3. The van der Waals surface area contributed by atoms with E-state index in [4.69, 9.17) is 4.74 Å². The topological polar surface area (TPSA) is 60.3 Å². The summed E-state index contributed by atoms with van der Waals surface area (Å²) >= 11 is 3.50. The molecule has 1 fully saturated rings. The largest absolute Gasteiger partial charge is 0.468 e. The van der Waals surface area contributed by atoms with Crippen molar-refractivity contribution in [1.29, 1.82) is 0 Å². The molecule has 1 aromatic heterocycles. The Labute approximate surface area is 226 Å². The maximum absolute atomic E-state index is 13.1. The number of hydrogen-bond acceptors (Lipinski definition) is 3. The Morgan fingerprint density at radius 1 is 1.05 bits per heavy atom. The van der Waals surface area contributed by atoms with Gasteiger partial charge in [0.25, 0.3) is 5.91 Å². The van der Waals surface area contributed by atoms with E-state index >= 15 is 0 Å². The lowest BCUT2D eigenvalue weighted by atomic mass is 9.95. The van der Waals surface area contributed by atoms with Gasteiger partial charge in [0, 0.05) is 33.2 Å². The monoisotopic (exact) mass is 558 g/mol. The molecule has 4 aromatic rings. The van der Waals surface area contributed by atoms with Crippen molar-refractivity contribution < 1.29 is 14.3 Å². The number of esters is 1. The van der Waals surface area contributed by atoms with E-state index in [9.17, 15) is 9.59 Å². The first kappa shape index (κ1) is 25.3. The van der Waals surface area contributed by atoms with Crippen LogP contribution in [0.3, 0.4) is 0 Å². The maximum atomic E-state index is 13.1. The highest BCUT2D eigenvalue weighted by atomic mass is 79.9. The minimum Gasteiger partial charge on any atom is -0.468 e. The molecule has 1 N–H and O–H groups in total. The van der Waals surface area contributed by atoms with Gasteiger partial charge in [0.15, 0.2) is 0 Å². The number of hydrogen-bond donors (Lipinski definition) is 1. The highest BCUT2D eigenvalue weighted by Crippen LogP contribution is 2.49. The number of halogens is 1. The normalized spacial score (nSPS) is 14.8. The predicted molar refractivity (Wildman–Crippen MR) is 150 cm³/mol. The van der Waals surface area contributed by atoms with Crippen LogP contribution in [0.1, 0.15) is 64.1 Å². The van der Waals surface area contributed by atoms with Crippen molar-refractivity contribution in [2.75, 3.05) is 7.11 Å². The number of aromatic nitrogens is 1. The minimum atomic E-state index is -0.453. The third-order valence-corrected chi connectivity index (χ3v) is 8.26. The number of amides is 1. The van der Waals surface area contributed by atoms with Gasteiger partial charge in [-0.2, -0.15) is 0 Å². The summed E-state index contributed by atoms with van der Waals surface area (Å²) in [6.07, 6.45) is 1.69. The highest BCUT2D eigenvalue weighted by Gasteiger charge is 2.52. The number of benzene rings is 3. The molecule has 1 unspecified atom stereocenters.